The Morgan fingerprint density at radius 2 is 2.06 bits per heavy atom. The van der Waals surface area contributed by atoms with E-state index in [0.717, 1.165) is 32.7 Å². The minimum Gasteiger partial charge on any atom is -0.454 e. The number of hydrogen-bond donors (Lipinski definition) is 1. The van der Waals surface area contributed by atoms with E-state index in [1.54, 1.807) is 11.3 Å². The molecular weight excluding hydrogens is 242 g/mol. The Labute approximate surface area is 102 Å². The number of thiol groups is 1. The Morgan fingerprint density at radius 1 is 1.31 bits per heavy atom. The molecule has 0 bridgehead atoms. The van der Waals surface area contributed by atoms with Crippen molar-refractivity contribution in [3.8, 4) is 22.1 Å². The fourth-order valence-electron chi connectivity index (χ4n) is 1.66. The van der Waals surface area contributed by atoms with Crippen molar-refractivity contribution in [3.63, 3.8) is 0 Å². The summed E-state index contributed by atoms with van der Waals surface area (Å²) in [5.41, 5.74) is 2.21. The van der Waals surface area contributed by atoms with Crippen LogP contribution in [0.15, 0.2) is 22.5 Å². The second-order valence-corrected chi connectivity index (χ2v) is 4.85. The molecule has 0 saturated heterocycles. The van der Waals surface area contributed by atoms with Gasteiger partial charge in [0.05, 0.1) is 0 Å². The molecular formula is C11H9NO2S2. The first-order valence-corrected chi connectivity index (χ1v) is 6.12. The van der Waals surface area contributed by atoms with Gasteiger partial charge in [-0.05, 0) is 24.6 Å². The summed E-state index contributed by atoms with van der Waals surface area (Å²) in [6.07, 6.45) is 0. The van der Waals surface area contributed by atoms with Gasteiger partial charge in [-0.25, -0.2) is 4.98 Å². The minimum atomic E-state index is 0.300. The first kappa shape index (κ1) is 9.99. The molecule has 0 saturated carbocycles. The predicted octanol–water partition coefficient (Wildman–Crippen LogP) is 3.14. The Morgan fingerprint density at radius 3 is 2.75 bits per heavy atom. The summed E-state index contributed by atoms with van der Waals surface area (Å²) in [6.45, 7) is 2.34. The number of ether oxygens (including phenoxy) is 2. The van der Waals surface area contributed by atoms with E-state index in [2.05, 4.69) is 17.6 Å². The average molecular weight is 251 g/mol. The second kappa shape index (κ2) is 3.68. The summed E-state index contributed by atoms with van der Waals surface area (Å²) in [5, 5.41) is 3.63. The van der Waals surface area contributed by atoms with E-state index >= 15 is 0 Å². The highest BCUT2D eigenvalue weighted by molar-refractivity contribution is 7.80. The van der Waals surface area contributed by atoms with Crippen LogP contribution in [0.5, 0.6) is 11.5 Å². The van der Waals surface area contributed by atoms with Crippen molar-refractivity contribution < 1.29 is 9.47 Å². The molecule has 1 aromatic carbocycles. The lowest BCUT2D eigenvalue weighted by molar-refractivity contribution is 0.174. The van der Waals surface area contributed by atoms with Crippen LogP contribution in [0, 0.1) is 6.92 Å². The van der Waals surface area contributed by atoms with Gasteiger partial charge < -0.3 is 9.47 Å². The minimum absolute atomic E-state index is 0.300. The predicted molar refractivity (Wildman–Crippen MR) is 65.7 cm³/mol. The molecule has 2 heterocycles. The number of nitrogens with zero attached hydrogens (tertiary/aromatic N) is 1. The van der Waals surface area contributed by atoms with Gasteiger partial charge in [0, 0.05) is 10.9 Å². The largest absolute Gasteiger partial charge is 0.454 e. The maximum absolute atomic E-state index is 5.36. The number of fused-ring (bicyclic) bond motifs is 1. The van der Waals surface area contributed by atoms with Gasteiger partial charge in [-0.15, -0.1) is 24.0 Å². The molecule has 2 aromatic rings. The Kier molecular flexibility index (Phi) is 2.29. The summed E-state index contributed by atoms with van der Waals surface area (Å²) in [4.78, 5) is 4.35. The van der Waals surface area contributed by atoms with Crippen molar-refractivity contribution in [1.29, 1.82) is 0 Å². The molecule has 1 aromatic heterocycles. The third-order valence-corrected chi connectivity index (χ3v) is 3.72. The van der Waals surface area contributed by atoms with Gasteiger partial charge in [0.1, 0.15) is 10.0 Å². The highest BCUT2D eigenvalue weighted by atomic mass is 32.1. The lowest BCUT2D eigenvalue weighted by Crippen LogP contribution is -1.92. The molecule has 0 atom stereocenters. The van der Waals surface area contributed by atoms with Gasteiger partial charge >= 0.3 is 0 Å². The quantitative estimate of drug-likeness (QED) is 0.790. The third kappa shape index (κ3) is 1.56. The lowest BCUT2D eigenvalue weighted by atomic mass is 10.1. The molecule has 3 rings (SSSR count). The van der Waals surface area contributed by atoms with Crippen LogP contribution in [-0.2, 0) is 0 Å². The van der Waals surface area contributed by atoms with Crippen LogP contribution < -0.4 is 9.47 Å². The molecule has 0 spiro atoms. The molecule has 0 radical (unpaired) electrons. The molecule has 0 amide bonds. The molecule has 0 aliphatic carbocycles. The highest BCUT2D eigenvalue weighted by Gasteiger charge is 2.17. The van der Waals surface area contributed by atoms with E-state index < -0.39 is 0 Å². The first-order valence-electron chi connectivity index (χ1n) is 4.79. The van der Waals surface area contributed by atoms with Crippen LogP contribution in [-0.4, -0.2) is 11.8 Å². The van der Waals surface area contributed by atoms with Gasteiger partial charge in [0.25, 0.3) is 0 Å². The van der Waals surface area contributed by atoms with Crippen LogP contribution in [0.4, 0.5) is 0 Å². The van der Waals surface area contributed by atoms with E-state index in [0.29, 0.717) is 6.79 Å². The van der Waals surface area contributed by atoms with E-state index in [1.165, 1.54) is 0 Å². The lowest BCUT2D eigenvalue weighted by Gasteiger charge is -2.04. The van der Waals surface area contributed by atoms with Crippen LogP contribution in [0.1, 0.15) is 5.56 Å². The molecule has 3 nitrogen and oxygen atoms in total. The Balaban J connectivity index is 2.14. The fraction of sp³-hybridized carbons (Fsp3) is 0.182. The average Bonchev–Trinajstić information content (AvgIpc) is 2.84. The van der Waals surface area contributed by atoms with Gasteiger partial charge in [-0.3, -0.25) is 0 Å². The van der Waals surface area contributed by atoms with Gasteiger partial charge in [-0.1, -0.05) is 0 Å². The van der Waals surface area contributed by atoms with E-state index in [4.69, 9.17) is 9.47 Å². The molecule has 82 valence electrons. The summed E-state index contributed by atoms with van der Waals surface area (Å²) < 4.78 is 10.7. The van der Waals surface area contributed by atoms with Crippen molar-refractivity contribution >= 4 is 24.0 Å². The summed E-state index contributed by atoms with van der Waals surface area (Å²) in [7, 11) is 0. The molecule has 0 N–H and O–H groups in total. The van der Waals surface area contributed by atoms with E-state index in [9.17, 15) is 0 Å². The van der Waals surface area contributed by atoms with E-state index in [-0.39, 0.29) is 0 Å². The molecule has 5 heteroatoms. The second-order valence-electron chi connectivity index (χ2n) is 3.53. The van der Waals surface area contributed by atoms with Gasteiger partial charge in [-0.2, -0.15) is 0 Å². The normalized spacial score (nSPS) is 13.1. The van der Waals surface area contributed by atoms with Gasteiger partial charge in [0.2, 0.25) is 6.79 Å². The highest BCUT2D eigenvalue weighted by Crippen LogP contribution is 2.39. The molecule has 16 heavy (non-hydrogen) atoms. The topological polar surface area (TPSA) is 31.4 Å². The zero-order valence-corrected chi connectivity index (χ0v) is 10.3. The van der Waals surface area contributed by atoms with Crippen molar-refractivity contribution in [3.05, 3.63) is 23.1 Å². The number of aromatic nitrogens is 1. The Hall–Kier alpha value is -1.20. The van der Waals surface area contributed by atoms with Crippen molar-refractivity contribution in [2.24, 2.45) is 0 Å². The van der Waals surface area contributed by atoms with E-state index in [1.807, 2.05) is 24.4 Å². The smallest absolute Gasteiger partial charge is 0.231 e. The molecule has 0 fully saturated rings. The molecule has 1 aliphatic heterocycles. The van der Waals surface area contributed by atoms with Crippen molar-refractivity contribution in [1.82, 2.24) is 4.98 Å². The van der Waals surface area contributed by atoms with Crippen LogP contribution >= 0.6 is 24.0 Å². The zero-order chi connectivity index (χ0) is 11.1. The fourth-order valence-corrected chi connectivity index (χ4v) is 2.76. The maximum Gasteiger partial charge on any atom is 0.231 e. The first-order chi connectivity index (χ1) is 7.74. The van der Waals surface area contributed by atoms with Crippen molar-refractivity contribution in [2.45, 2.75) is 11.9 Å². The van der Waals surface area contributed by atoms with Crippen LogP contribution in [0.2, 0.25) is 0 Å². The number of thiazole rings is 1. The zero-order valence-electron chi connectivity index (χ0n) is 8.56. The maximum atomic E-state index is 5.36. The van der Waals surface area contributed by atoms with Gasteiger partial charge in [0.15, 0.2) is 11.5 Å². The molecule has 0 unspecified atom stereocenters. The van der Waals surface area contributed by atoms with Crippen LogP contribution in [0.3, 0.4) is 0 Å². The number of rotatable bonds is 1. The monoisotopic (exact) mass is 251 g/mol. The van der Waals surface area contributed by atoms with Crippen molar-refractivity contribution in [2.75, 3.05) is 6.79 Å². The number of aryl methyl sites for hydroxylation is 1. The number of benzene rings is 1. The third-order valence-electron chi connectivity index (χ3n) is 2.44. The standard InChI is InChI=1S/C11H9NO2S2/c1-6-2-8-9(14-5-13-8)3-7(6)11-12-10(15)4-16-11/h2-4,15H,5H2,1H3. The Bertz CT molecular complexity index is 551. The summed E-state index contributed by atoms with van der Waals surface area (Å²) >= 11 is 5.79. The number of hydrogen-bond acceptors (Lipinski definition) is 5. The summed E-state index contributed by atoms with van der Waals surface area (Å²) in [6, 6.07) is 3.96. The van der Waals surface area contributed by atoms with Crippen LogP contribution in [0.25, 0.3) is 10.6 Å². The molecule has 1 aliphatic rings. The SMILES string of the molecule is Cc1cc2c(cc1-c1nc(S)cs1)OCO2. The summed E-state index contributed by atoms with van der Waals surface area (Å²) in [5.74, 6) is 1.60.